The summed E-state index contributed by atoms with van der Waals surface area (Å²) in [6.45, 7) is 11.8. The highest BCUT2D eigenvalue weighted by Gasteiger charge is 2.26. The minimum Gasteiger partial charge on any atom is -0.314 e. The van der Waals surface area contributed by atoms with Gasteiger partial charge >= 0.3 is 0 Å². The molecule has 1 aliphatic rings. The van der Waals surface area contributed by atoms with Gasteiger partial charge in [-0.25, -0.2) is 0 Å². The van der Waals surface area contributed by atoms with E-state index in [9.17, 15) is 0 Å². The smallest absolute Gasteiger partial charge is 0.00958 e. The Kier molecular flexibility index (Phi) is 8.01. The second kappa shape index (κ2) is 8.97. The molecule has 1 N–H and O–H groups in total. The van der Waals surface area contributed by atoms with Crippen molar-refractivity contribution in [3.8, 4) is 0 Å². The number of nitrogens with zero attached hydrogens (tertiary/aromatic N) is 1. The third kappa shape index (κ3) is 6.27. The summed E-state index contributed by atoms with van der Waals surface area (Å²) in [5.41, 5.74) is 0. The van der Waals surface area contributed by atoms with Gasteiger partial charge in [0, 0.05) is 12.1 Å². The Morgan fingerprint density at radius 1 is 1.21 bits per heavy atom. The highest BCUT2D eigenvalue weighted by molar-refractivity contribution is 4.83. The molecule has 0 heterocycles. The molecule has 0 aromatic heterocycles. The van der Waals surface area contributed by atoms with Crippen LogP contribution in [-0.4, -0.2) is 37.1 Å². The standard InChI is InChI=1S/C17H36N2/c1-6-11-18-17-9-7-8-16(17)10-12-19(5)15(4)13-14(2)3/h14-18H,6-13H2,1-5H3. The molecule has 0 amide bonds. The van der Waals surface area contributed by atoms with Crippen molar-refractivity contribution >= 4 is 0 Å². The average molecular weight is 268 g/mol. The fourth-order valence-electron chi connectivity index (χ4n) is 3.43. The molecule has 0 spiro atoms. The third-order valence-corrected chi connectivity index (χ3v) is 4.73. The van der Waals surface area contributed by atoms with E-state index in [0.717, 1.165) is 23.9 Å². The van der Waals surface area contributed by atoms with Crippen LogP contribution in [0.4, 0.5) is 0 Å². The van der Waals surface area contributed by atoms with Crippen LogP contribution in [0.25, 0.3) is 0 Å². The zero-order valence-corrected chi connectivity index (χ0v) is 13.9. The van der Waals surface area contributed by atoms with E-state index in [0.29, 0.717) is 0 Å². The van der Waals surface area contributed by atoms with Crippen LogP contribution < -0.4 is 5.32 Å². The predicted octanol–water partition coefficient (Wildman–Crippen LogP) is 3.91. The van der Waals surface area contributed by atoms with Gasteiger partial charge in [0.05, 0.1) is 0 Å². The molecular formula is C17H36N2. The molecule has 114 valence electrons. The highest BCUT2D eigenvalue weighted by Crippen LogP contribution is 2.28. The first-order valence-corrected chi connectivity index (χ1v) is 8.48. The Bertz CT molecular complexity index is 227. The molecule has 0 aromatic carbocycles. The molecule has 1 aliphatic carbocycles. The van der Waals surface area contributed by atoms with Gasteiger partial charge in [0.2, 0.25) is 0 Å². The number of rotatable bonds is 9. The van der Waals surface area contributed by atoms with Crippen molar-refractivity contribution in [3.63, 3.8) is 0 Å². The Balaban J connectivity index is 2.26. The summed E-state index contributed by atoms with van der Waals surface area (Å²) < 4.78 is 0. The molecule has 1 rings (SSSR count). The molecule has 0 aliphatic heterocycles. The molecule has 2 nitrogen and oxygen atoms in total. The topological polar surface area (TPSA) is 15.3 Å². The summed E-state index contributed by atoms with van der Waals surface area (Å²) in [6, 6.07) is 1.53. The van der Waals surface area contributed by atoms with Crippen LogP contribution >= 0.6 is 0 Å². The molecular weight excluding hydrogens is 232 g/mol. The molecule has 3 unspecified atom stereocenters. The van der Waals surface area contributed by atoms with Gasteiger partial charge < -0.3 is 10.2 Å². The van der Waals surface area contributed by atoms with Crippen molar-refractivity contribution in [2.24, 2.45) is 11.8 Å². The van der Waals surface area contributed by atoms with E-state index >= 15 is 0 Å². The summed E-state index contributed by atoms with van der Waals surface area (Å²) >= 11 is 0. The lowest BCUT2D eigenvalue weighted by atomic mass is 9.98. The highest BCUT2D eigenvalue weighted by atomic mass is 15.1. The largest absolute Gasteiger partial charge is 0.314 e. The molecule has 19 heavy (non-hydrogen) atoms. The maximum absolute atomic E-state index is 3.75. The Morgan fingerprint density at radius 3 is 2.58 bits per heavy atom. The van der Waals surface area contributed by atoms with E-state index in [1.165, 1.54) is 51.6 Å². The maximum Gasteiger partial charge on any atom is 0.00958 e. The Morgan fingerprint density at radius 2 is 1.95 bits per heavy atom. The summed E-state index contributed by atoms with van der Waals surface area (Å²) in [5.74, 6) is 1.73. The quantitative estimate of drug-likeness (QED) is 0.682. The van der Waals surface area contributed by atoms with E-state index in [-0.39, 0.29) is 0 Å². The zero-order chi connectivity index (χ0) is 14.3. The van der Waals surface area contributed by atoms with Crippen LogP contribution in [0, 0.1) is 11.8 Å². The van der Waals surface area contributed by atoms with Crippen molar-refractivity contribution in [3.05, 3.63) is 0 Å². The molecule has 2 heteroatoms. The molecule has 1 fully saturated rings. The lowest BCUT2D eigenvalue weighted by Crippen LogP contribution is -2.36. The fourth-order valence-corrected chi connectivity index (χ4v) is 3.43. The summed E-state index contributed by atoms with van der Waals surface area (Å²) in [4.78, 5) is 2.56. The minimum atomic E-state index is 0.725. The first kappa shape index (κ1) is 17.0. The average Bonchev–Trinajstić information content (AvgIpc) is 2.79. The third-order valence-electron chi connectivity index (χ3n) is 4.73. The SMILES string of the molecule is CCCNC1CCCC1CCN(C)C(C)CC(C)C. The first-order valence-electron chi connectivity index (χ1n) is 8.48. The molecule has 0 bridgehead atoms. The van der Waals surface area contributed by atoms with Gasteiger partial charge in [0.15, 0.2) is 0 Å². The lowest BCUT2D eigenvalue weighted by Gasteiger charge is -2.29. The number of hydrogen-bond acceptors (Lipinski definition) is 2. The van der Waals surface area contributed by atoms with E-state index in [1.807, 2.05) is 0 Å². The van der Waals surface area contributed by atoms with Crippen LogP contribution in [0.5, 0.6) is 0 Å². The van der Waals surface area contributed by atoms with Gasteiger partial charge in [-0.1, -0.05) is 27.2 Å². The normalized spacial score (nSPS) is 25.4. The maximum atomic E-state index is 3.75. The van der Waals surface area contributed by atoms with Gasteiger partial charge in [0.25, 0.3) is 0 Å². The van der Waals surface area contributed by atoms with Gasteiger partial charge in [-0.3, -0.25) is 0 Å². The van der Waals surface area contributed by atoms with Crippen molar-refractivity contribution in [1.82, 2.24) is 10.2 Å². The van der Waals surface area contributed by atoms with Gasteiger partial charge in [-0.05, 0) is 71.0 Å². The van der Waals surface area contributed by atoms with Crippen LogP contribution in [0.3, 0.4) is 0 Å². The van der Waals surface area contributed by atoms with Crippen molar-refractivity contribution in [1.29, 1.82) is 0 Å². The van der Waals surface area contributed by atoms with Gasteiger partial charge in [-0.15, -0.1) is 0 Å². The van der Waals surface area contributed by atoms with E-state index in [2.05, 4.69) is 45.0 Å². The molecule has 1 saturated carbocycles. The minimum absolute atomic E-state index is 0.725. The number of nitrogens with one attached hydrogen (secondary N) is 1. The van der Waals surface area contributed by atoms with E-state index in [4.69, 9.17) is 0 Å². The Labute approximate surface area is 121 Å². The van der Waals surface area contributed by atoms with Crippen LogP contribution in [-0.2, 0) is 0 Å². The molecule has 0 radical (unpaired) electrons. The van der Waals surface area contributed by atoms with Crippen LogP contribution in [0.2, 0.25) is 0 Å². The molecule has 0 aromatic rings. The molecule has 0 saturated heterocycles. The monoisotopic (exact) mass is 268 g/mol. The van der Waals surface area contributed by atoms with Gasteiger partial charge in [-0.2, -0.15) is 0 Å². The molecule has 3 atom stereocenters. The first-order chi connectivity index (χ1) is 9.04. The lowest BCUT2D eigenvalue weighted by molar-refractivity contribution is 0.207. The number of hydrogen-bond donors (Lipinski definition) is 1. The van der Waals surface area contributed by atoms with Crippen molar-refractivity contribution < 1.29 is 0 Å². The van der Waals surface area contributed by atoms with Crippen molar-refractivity contribution in [2.45, 2.75) is 78.3 Å². The second-order valence-corrected chi connectivity index (χ2v) is 7.00. The summed E-state index contributed by atoms with van der Waals surface area (Å²) in [5, 5.41) is 3.75. The summed E-state index contributed by atoms with van der Waals surface area (Å²) in [6.07, 6.45) is 8.22. The van der Waals surface area contributed by atoms with Crippen molar-refractivity contribution in [2.75, 3.05) is 20.1 Å². The Hall–Kier alpha value is -0.0800. The fraction of sp³-hybridized carbons (Fsp3) is 1.00. The predicted molar refractivity (Wildman–Crippen MR) is 85.6 cm³/mol. The second-order valence-electron chi connectivity index (χ2n) is 7.00. The van der Waals surface area contributed by atoms with Crippen LogP contribution in [0.1, 0.15) is 66.2 Å². The van der Waals surface area contributed by atoms with E-state index < -0.39 is 0 Å². The van der Waals surface area contributed by atoms with Crippen LogP contribution in [0.15, 0.2) is 0 Å². The summed E-state index contributed by atoms with van der Waals surface area (Å²) in [7, 11) is 2.30. The van der Waals surface area contributed by atoms with E-state index in [1.54, 1.807) is 0 Å². The van der Waals surface area contributed by atoms with Gasteiger partial charge in [0.1, 0.15) is 0 Å². The zero-order valence-electron chi connectivity index (χ0n) is 13.9.